The number of hydrogen-bond acceptors (Lipinski definition) is 5. The van der Waals surface area contributed by atoms with E-state index in [2.05, 4.69) is 28.9 Å². The molecule has 0 bridgehead atoms. The fourth-order valence-corrected chi connectivity index (χ4v) is 3.76. The van der Waals surface area contributed by atoms with Crippen molar-refractivity contribution in [3.8, 4) is 0 Å². The van der Waals surface area contributed by atoms with Gasteiger partial charge in [-0.25, -0.2) is 4.39 Å². The third-order valence-corrected chi connectivity index (χ3v) is 5.61. The Kier molecular flexibility index (Phi) is 5.44. The van der Waals surface area contributed by atoms with Crippen molar-refractivity contribution in [1.29, 1.82) is 0 Å². The Bertz CT molecular complexity index is 816. The highest BCUT2D eigenvalue weighted by molar-refractivity contribution is 5.77. The second kappa shape index (κ2) is 7.99. The maximum absolute atomic E-state index is 13.2. The minimum absolute atomic E-state index is 0.0749. The van der Waals surface area contributed by atoms with Crippen molar-refractivity contribution in [2.45, 2.75) is 58.2 Å². The van der Waals surface area contributed by atoms with Crippen LogP contribution in [0.1, 0.15) is 56.4 Å². The van der Waals surface area contributed by atoms with Crippen molar-refractivity contribution < 1.29 is 13.6 Å². The lowest BCUT2D eigenvalue weighted by atomic mass is 10.0. The number of carbonyl (C=O) groups is 1. The van der Waals surface area contributed by atoms with Crippen molar-refractivity contribution in [3.63, 3.8) is 0 Å². The number of rotatable bonds is 6. The molecule has 2 heterocycles. The molecule has 0 spiro atoms. The molecule has 1 atom stereocenters. The predicted molar refractivity (Wildman–Crippen MR) is 102 cm³/mol. The Labute approximate surface area is 164 Å². The van der Waals surface area contributed by atoms with Gasteiger partial charge in [0.05, 0.1) is 6.54 Å². The molecule has 28 heavy (non-hydrogen) atoms. The van der Waals surface area contributed by atoms with Gasteiger partial charge < -0.3 is 9.32 Å². The summed E-state index contributed by atoms with van der Waals surface area (Å²) in [6.45, 7) is 6.77. The molecule has 1 saturated carbocycles. The van der Waals surface area contributed by atoms with Gasteiger partial charge in [-0.3, -0.25) is 9.69 Å². The van der Waals surface area contributed by atoms with E-state index in [4.69, 9.17) is 4.42 Å². The second-order valence-corrected chi connectivity index (χ2v) is 8.25. The van der Waals surface area contributed by atoms with Crippen LogP contribution in [0.2, 0.25) is 0 Å². The molecule has 4 rings (SSSR count). The van der Waals surface area contributed by atoms with Gasteiger partial charge in [-0.1, -0.05) is 26.0 Å². The third kappa shape index (κ3) is 4.41. The van der Waals surface area contributed by atoms with E-state index in [1.54, 1.807) is 12.1 Å². The summed E-state index contributed by atoms with van der Waals surface area (Å²) in [5.74, 6) is 2.00. The van der Waals surface area contributed by atoms with Crippen LogP contribution in [-0.2, 0) is 17.9 Å². The van der Waals surface area contributed by atoms with Crippen molar-refractivity contribution in [1.82, 2.24) is 20.0 Å². The van der Waals surface area contributed by atoms with Gasteiger partial charge in [0.15, 0.2) is 0 Å². The summed E-state index contributed by atoms with van der Waals surface area (Å²) in [7, 11) is 0. The zero-order chi connectivity index (χ0) is 19.7. The van der Waals surface area contributed by atoms with Crippen LogP contribution in [0.3, 0.4) is 0 Å². The van der Waals surface area contributed by atoms with Crippen molar-refractivity contribution in [3.05, 3.63) is 47.4 Å². The number of hydrogen-bond donors (Lipinski definition) is 0. The van der Waals surface area contributed by atoms with Gasteiger partial charge in [-0.2, -0.15) is 0 Å². The summed E-state index contributed by atoms with van der Waals surface area (Å²) in [5, 5.41) is 8.36. The molecule has 1 aliphatic carbocycles. The summed E-state index contributed by atoms with van der Waals surface area (Å²) in [6, 6.07) is 6.47. The summed E-state index contributed by atoms with van der Waals surface area (Å²) in [4.78, 5) is 17.1. The molecule has 2 aliphatic rings. The molecule has 1 aliphatic heterocycles. The number of carbonyl (C=O) groups excluding carboxylic acids is 1. The lowest BCUT2D eigenvalue weighted by Crippen LogP contribution is -2.45. The summed E-state index contributed by atoms with van der Waals surface area (Å²) in [6.07, 6.45) is 2.72. The number of aromatic nitrogens is 2. The Morgan fingerprint density at radius 3 is 2.61 bits per heavy atom. The molecule has 2 aromatic rings. The molecule has 7 heteroatoms. The van der Waals surface area contributed by atoms with E-state index in [-0.39, 0.29) is 17.8 Å². The van der Waals surface area contributed by atoms with Crippen molar-refractivity contribution in [2.24, 2.45) is 5.92 Å². The largest absolute Gasteiger partial charge is 0.424 e. The summed E-state index contributed by atoms with van der Waals surface area (Å²) >= 11 is 0. The Morgan fingerprint density at radius 1 is 1.18 bits per heavy atom. The molecule has 2 fully saturated rings. The summed E-state index contributed by atoms with van der Waals surface area (Å²) in [5.41, 5.74) is 0.944. The van der Waals surface area contributed by atoms with Crippen LogP contribution < -0.4 is 0 Å². The van der Waals surface area contributed by atoms with E-state index in [9.17, 15) is 9.18 Å². The fraction of sp³-hybridized carbons (Fsp3) is 0.571. The Morgan fingerprint density at radius 2 is 1.93 bits per heavy atom. The smallest absolute Gasteiger partial charge is 0.230 e. The molecule has 1 saturated heterocycles. The van der Waals surface area contributed by atoms with Crippen LogP contribution in [0.15, 0.2) is 28.7 Å². The molecule has 1 amide bonds. The average molecular weight is 386 g/mol. The molecule has 0 unspecified atom stereocenters. The first kappa shape index (κ1) is 19.1. The molecular weight excluding hydrogens is 359 g/mol. The van der Waals surface area contributed by atoms with Gasteiger partial charge in [-0.05, 0) is 36.5 Å². The standard InChI is InChI=1S/C21H27FN4O2/c1-14(2)18-12-25(13-19-23-24-21(28-19)16-5-6-16)10-9-20(27)26(18)11-15-3-7-17(22)8-4-15/h3-4,7-8,14,16,18H,5-6,9-13H2,1-2H3/t18-/m0/s1. The Balaban J connectivity index is 1.47. The van der Waals surface area contributed by atoms with Crippen LogP contribution in [-0.4, -0.2) is 45.0 Å². The maximum atomic E-state index is 13.2. The molecule has 6 nitrogen and oxygen atoms in total. The average Bonchev–Trinajstić information content (AvgIpc) is 3.44. The second-order valence-electron chi connectivity index (χ2n) is 8.25. The van der Waals surface area contributed by atoms with E-state index in [1.165, 1.54) is 12.1 Å². The number of benzene rings is 1. The van der Waals surface area contributed by atoms with E-state index >= 15 is 0 Å². The third-order valence-electron chi connectivity index (χ3n) is 5.61. The van der Waals surface area contributed by atoms with Gasteiger partial charge in [0.2, 0.25) is 17.7 Å². The fourth-order valence-electron chi connectivity index (χ4n) is 3.76. The number of halogens is 1. The predicted octanol–water partition coefficient (Wildman–Crippen LogP) is 3.35. The lowest BCUT2D eigenvalue weighted by molar-refractivity contribution is -0.134. The topological polar surface area (TPSA) is 62.5 Å². The first-order chi connectivity index (χ1) is 13.5. The maximum Gasteiger partial charge on any atom is 0.230 e. The van der Waals surface area contributed by atoms with Gasteiger partial charge in [0.1, 0.15) is 5.82 Å². The van der Waals surface area contributed by atoms with E-state index in [1.807, 2.05) is 4.90 Å². The number of amides is 1. The molecule has 0 radical (unpaired) electrons. The van der Waals surface area contributed by atoms with Crippen molar-refractivity contribution in [2.75, 3.05) is 13.1 Å². The highest BCUT2D eigenvalue weighted by Gasteiger charge is 2.33. The quantitative estimate of drug-likeness (QED) is 0.762. The zero-order valence-corrected chi connectivity index (χ0v) is 16.5. The van der Waals surface area contributed by atoms with Crippen molar-refractivity contribution >= 4 is 5.91 Å². The zero-order valence-electron chi connectivity index (χ0n) is 16.5. The first-order valence-electron chi connectivity index (χ1n) is 10.1. The minimum Gasteiger partial charge on any atom is -0.424 e. The molecule has 150 valence electrons. The van der Waals surface area contributed by atoms with Gasteiger partial charge in [-0.15, -0.1) is 10.2 Å². The van der Waals surface area contributed by atoms with Crippen LogP contribution in [0, 0.1) is 11.7 Å². The molecule has 0 N–H and O–H groups in total. The summed E-state index contributed by atoms with van der Waals surface area (Å²) < 4.78 is 19.0. The SMILES string of the molecule is CC(C)[C@@H]1CN(Cc2nnc(C3CC3)o2)CCC(=O)N1Cc1ccc(F)cc1. The van der Waals surface area contributed by atoms with Gasteiger partial charge in [0.25, 0.3) is 0 Å². The van der Waals surface area contributed by atoms with Crippen LogP contribution >= 0.6 is 0 Å². The van der Waals surface area contributed by atoms with Crippen LogP contribution in [0.4, 0.5) is 4.39 Å². The minimum atomic E-state index is -0.261. The molecule has 1 aromatic heterocycles. The lowest BCUT2D eigenvalue weighted by Gasteiger charge is -2.34. The van der Waals surface area contributed by atoms with E-state index < -0.39 is 0 Å². The van der Waals surface area contributed by atoms with Crippen LogP contribution in [0.25, 0.3) is 0 Å². The van der Waals surface area contributed by atoms with Gasteiger partial charge >= 0.3 is 0 Å². The van der Waals surface area contributed by atoms with E-state index in [0.29, 0.717) is 43.8 Å². The molecular formula is C21H27FN4O2. The highest BCUT2D eigenvalue weighted by Crippen LogP contribution is 2.39. The first-order valence-corrected chi connectivity index (χ1v) is 10.1. The van der Waals surface area contributed by atoms with E-state index in [0.717, 1.165) is 30.8 Å². The molecule has 1 aromatic carbocycles. The van der Waals surface area contributed by atoms with Gasteiger partial charge in [0, 0.05) is 38.0 Å². The normalized spacial score (nSPS) is 21.4. The highest BCUT2D eigenvalue weighted by atomic mass is 19.1. The van der Waals surface area contributed by atoms with Crippen LogP contribution in [0.5, 0.6) is 0 Å². The Hall–Kier alpha value is -2.28. The number of nitrogens with zero attached hydrogens (tertiary/aromatic N) is 4. The monoisotopic (exact) mass is 386 g/mol.